The number of carbonyl (C=O) groups excluding carboxylic acids is 1. The van der Waals surface area contributed by atoms with Crippen LogP contribution < -0.4 is 15.6 Å². The van der Waals surface area contributed by atoms with Gasteiger partial charge in [-0.1, -0.05) is 23.9 Å². The van der Waals surface area contributed by atoms with E-state index in [-0.39, 0.29) is 17.2 Å². The summed E-state index contributed by atoms with van der Waals surface area (Å²) in [7, 11) is 3.36. The van der Waals surface area contributed by atoms with Crippen molar-refractivity contribution in [2.45, 2.75) is 37.4 Å². The monoisotopic (exact) mass is 429 g/mol. The smallest absolute Gasteiger partial charge is 0.262 e. The average Bonchev–Trinajstić information content (AvgIpc) is 3.12. The predicted octanol–water partition coefficient (Wildman–Crippen LogP) is 3.29. The highest BCUT2D eigenvalue weighted by Gasteiger charge is 2.21. The van der Waals surface area contributed by atoms with Crippen molar-refractivity contribution < 1.29 is 9.53 Å². The molecule has 2 heterocycles. The molecule has 2 aromatic heterocycles. The lowest BCUT2D eigenvalue weighted by Gasteiger charge is -2.11. The maximum atomic E-state index is 12.9. The zero-order chi connectivity index (χ0) is 20.4. The minimum atomic E-state index is -0.0920. The van der Waals surface area contributed by atoms with Crippen LogP contribution in [-0.4, -0.2) is 28.3 Å². The Bertz CT molecular complexity index is 1100. The van der Waals surface area contributed by atoms with E-state index in [1.54, 1.807) is 30.1 Å². The number of aromatic nitrogens is 2. The van der Waals surface area contributed by atoms with Gasteiger partial charge in [0.05, 0.1) is 18.2 Å². The molecule has 1 aliphatic carbocycles. The molecule has 29 heavy (non-hydrogen) atoms. The van der Waals surface area contributed by atoms with Gasteiger partial charge in [0.15, 0.2) is 5.16 Å². The number of methoxy groups -OCH3 is 1. The Kier molecular flexibility index (Phi) is 5.91. The van der Waals surface area contributed by atoms with Crippen LogP contribution in [0.15, 0.2) is 34.2 Å². The maximum Gasteiger partial charge on any atom is 0.262 e. The van der Waals surface area contributed by atoms with Gasteiger partial charge in [0.25, 0.3) is 5.56 Å². The molecule has 3 aromatic rings. The Labute approximate surface area is 177 Å². The number of benzene rings is 1. The SMILES string of the molecule is COc1ccc(CNC(=O)CSc2nc3sc4c(c3c(=O)n2C)CCCC4)cc1. The van der Waals surface area contributed by atoms with Crippen LogP contribution in [0.25, 0.3) is 10.2 Å². The largest absolute Gasteiger partial charge is 0.497 e. The number of hydrogen-bond acceptors (Lipinski definition) is 6. The number of ether oxygens (including phenoxy) is 1. The zero-order valence-electron chi connectivity index (χ0n) is 16.5. The molecule has 0 saturated heterocycles. The van der Waals surface area contributed by atoms with Crippen molar-refractivity contribution in [3.8, 4) is 5.75 Å². The van der Waals surface area contributed by atoms with Crippen LogP contribution in [0.5, 0.6) is 5.75 Å². The molecule has 1 amide bonds. The molecule has 0 aliphatic heterocycles. The van der Waals surface area contributed by atoms with Crippen molar-refractivity contribution in [3.05, 3.63) is 50.6 Å². The summed E-state index contributed by atoms with van der Waals surface area (Å²) < 4.78 is 6.71. The first-order chi connectivity index (χ1) is 14.1. The normalized spacial score (nSPS) is 13.3. The van der Waals surface area contributed by atoms with Crippen LogP contribution >= 0.6 is 23.1 Å². The Hall–Kier alpha value is -2.32. The molecule has 0 bridgehead atoms. The number of fused-ring (bicyclic) bond motifs is 3. The molecule has 1 N–H and O–H groups in total. The minimum Gasteiger partial charge on any atom is -0.497 e. The number of hydrogen-bond donors (Lipinski definition) is 1. The number of thioether (sulfide) groups is 1. The van der Waals surface area contributed by atoms with Gasteiger partial charge in [-0.15, -0.1) is 11.3 Å². The van der Waals surface area contributed by atoms with E-state index < -0.39 is 0 Å². The van der Waals surface area contributed by atoms with Crippen molar-refractivity contribution >= 4 is 39.2 Å². The molecule has 1 aliphatic rings. The molecule has 1 aromatic carbocycles. The van der Waals surface area contributed by atoms with Gasteiger partial charge in [-0.2, -0.15) is 0 Å². The van der Waals surface area contributed by atoms with E-state index in [2.05, 4.69) is 5.32 Å². The first-order valence-corrected chi connectivity index (χ1v) is 11.4. The van der Waals surface area contributed by atoms with E-state index in [0.717, 1.165) is 40.8 Å². The number of rotatable bonds is 6. The quantitative estimate of drug-likeness (QED) is 0.481. The summed E-state index contributed by atoms with van der Waals surface area (Å²) in [5, 5.41) is 4.27. The van der Waals surface area contributed by atoms with Crippen LogP contribution in [0.1, 0.15) is 28.8 Å². The summed E-state index contributed by atoms with van der Waals surface area (Å²) >= 11 is 2.93. The second kappa shape index (κ2) is 8.59. The maximum absolute atomic E-state index is 12.9. The van der Waals surface area contributed by atoms with Crippen molar-refractivity contribution in [3.63, 3.8) is 0 Å². The molecule has 0 spiro atoms. The first kappa shape index (κ1) is 20.0. The first-order valence-electron chi connectivity index (χ1n) is 9.60. The van der Waals surface area contributed by atoms with Crippen molar-refractivity contribution in [2.24, 2.45) is 7.05 Å². The lowest BCUT2D eigenvalue weighted by atomic mass is 9.97. The molecule has 8 heteroatoms. The summed E-state index contributed by atoms with van der Waals surface area (Å²) in [6, 6.07) is 7.57. The third kappa shape index (κ3) is 4.18. The number of thiophene rings is 1. The lowest BCUT2D eigenvalue weighted by Crippen LogP contribution is -2.26. The third-order valence-electron chi connectivity index (χ3n) is 5.14. The average molecular weight is 430 g/mol. The van der Waals surface area contributed by atoms with Gasteiger partial charge in [0.1, 0.15) is 10.6 Å². The fraction of sp³-hybridized carbons (Fsp3) is 0.381. The summed E-state index contributed by atoms with van der Waals surface area (Å²) in [5.74, 6) is 0.909. The van der Waals surface area contributed by atoms with Crippen LogP contribution in [0.4, 0.5) is 0 Å². The summed E-state index contributed by atoms with van der Waals surface area (Å²) in [6.07, 6.45) is 4.31. The highest BCUT2D eigenvalue weighted by atomic mass is 32.2. The van der Waals surface area contributed by atoms with Gasteiger partial charge in [0, 0.05) is 18.5 Å². The number of aryl methyl sites for hydroxylation is 2. The third-order valence-corrected chi connectivity index (χ3v) is 7.35. The molecule has 0 radical (unpaired) electrons. The number of amides is 1. The van der Waals surface area contributed by atoms with Gasteiger partial charge in [0.2, 0.25) is 5.91 Å². The Morgan fingerprint density at radius 1 is 1.28 bits per heavy atom. The molecule has 0 unspecified atom stereocenters. The topological polar surface area (TPSA) is 73.2 Å². The van der Waals surface area contributed by atoms with Gasteiger partial charge < -0.3 is 10.1 Å². The molecule has 152 valence electrons. The van der Waals surface area contributed by atoms with Gasteiger partial charge in [-0.3, -0.25) is 14.2 Å². The van der Waals surface area contributed by atoms with Crippen LogP contribution in [0, 0.1) is 0 Å². The number of nitrogens with zero attached hydrogens (tertiary/aromatic N) is 2. The fourth-order valence-electron chi connectivity index (χ4n) is 3.52. The zero-order valence-corrected chi connectivity index (χ0v) is 18.1. The molecule has 0 atom stereocenters. The van der Waals surface area contributed by atoms with Crippen molar-refractivity contribution in [1.29, 1.82) is 0 Å². The molecule has 6 nitrogen and oxygen atoms in total. The van der Waals surface area contributed by atoms with E-state index in [1.165, 1.54) is 28.6 Å². The van der Waals surface area contributed by atoms with Crippen LogP contribution in [-0.2, 0) is 31.2 Å². The molecule has 0 fully saturated rings. The summed E-state index contributed by atoms with van der Waals surface area (Å²) in [6.45, 7) is 0.451. The van der Waals surface area contributed by atoms with Crippen molar-refractivity contribution in [2.75, 3.05) is 12.9 Å². The van der Waals surface area contributed by atoms with E-state index >= 15 is 0 Å². The van der Waals surface area contributed by atoms with Crippen LogP contribution in [0.2, 0.25) is 0 Å². The van der Waals surface area contributed by atoms with Crippen LogP contribution in [0.3, 0.4) is 0 Å². The summed E-state index contributed by atoms with van der Waals surface area (Å²) in [4.78, 5) is 32.0. The summed E-state index contributed by atoms with van der Waals surface area (Å²) in [5.41, 5.74) is 2.19. The Morgan fingerprint density at radius 3 is 2.79 bits per heavy atom. The van der Waals surface area contributed by atoms with Gasteiger partial charge >= 0.3 is 0 Å². The Morgan fingerprint density at radius 2 is 2.03 bits per heavy atom. The van der Waals surface area contributed by atoms with Gasteiger partial charge in [-0.05, 0) is 48.9 Å². The fourth-order valence-corrected chi connectivity index (χ4v) is 5.63. The minimum absolute atomic E-state index is 0.00413. The number of carbonyl (C=O) groups is 1. The molecule has 4 rings (SSSR count). The van der Waals surface area contributed by atoms with Gasteiger partial charge in [-0.25, -0.2) is 4.98 Å². The second-order valence-electron chi connectivity index (χ2n) is 7.06. The molecular weight excluding hydrogens is 406 g/mol. The highest BCUT2D eigenvalue weighted by molar-refractivity contribution is 7.99. The standard InChI is InChI=1S/C21H23N3O3S2/c1-24-20(26)18-15-5-3-4-6-16(15)29-19(18)23-21(24)28-12-17(25)22-11-13-7-9-14(27-2)10-8-13/h7-10H,3-6,11-12H2,1-2H3,(H,22,25). The second-order valence-corrected chi connectivity index (χ2v) is 9.09. The van der Waals surface area contributed by atoms with E-state index in [4.69, 9.17) is 9.72 Å². The van der Waals surface area contributed by atoms with E-state index in [1.807, 2.05) is 24.3 Å². The molecular formula is C21H23N3O3S2. The predicted molar refractivity (Wildman–Crippen MR) is 117 cm³/mol. The Balaban J connectivity index is 1.43. The van der Waals surface area contributed by atoms with E-state index in [9.17, 15) is 9.59 Å². The van der Waals surface area contributed by atoms with E-state index in [0.29, 0.717) is 11.7 Å². The molecule has 0 saturated carbocycles. The highest BCUT2D eigenvalue weighted by Crippen LogP contribution is 2.34. The number of nitrogens with one attached hydrogen (secondary N) is 1. The van der Waals surface area contributed by atoms with Crippen molar-refractivity contribution in [1.82, 2.24) is 14.9 Å². The lowest BCUT2D eigenvalue weighted by molar-refractivity contribution is -0.118.